The molecule has 2 N–H and O–H groups in total. The Kier molecular flexibility index (Phi) is 10.2. The molecule has 2 amide bonds. The molecule has 0 spiro atoms. The van der Waals surface area contributed by atoms with Gasteiger partial charge in [-0.25, -0.2) is 0 Å². The van der Waals surface area contributed by atoms with Crippen LogP contribution in [0.1, 0.15) is 25.3 Å². The quantitative estimate of drug-likeness (QED) is 0.768. The Bertz CT molecular complexity index is 618. The highest BCUT2D eigenvalue weighted by Gasteiger charge is 2.32. The van der Waals surface area contributed by atoms with Crippen LogP contribution in [0.25, 0.3) is 0 Å². The lowest BCUT2D eigenvalue weighted by Crippen LogP contribution is -2.57. The Hall–Kier alpha value is -1.34. The molecular weight excluding hydrogens is 399 g/mol. The number of halogens is 2. The second-order valence-electron chi connectivity index (χ2n) is 7.37. The fourth-order valence-corrected chi connectivity index (χ4v) is 3.88. The molecule has 3 rings (SSSR count). The Morgan fingerprint density at radius 3 is 2.00 bits per heavy atom. The van der Waals surface area contributed by atoms with Gasteiger partial charge < -0.3 is 15.5 Å². The summed E-state index contributed by atoms with van der Waals surface area (Å²) in [5.41, 5.74) is 7.22. The summed E-state index contributed by atoms with van der Waals surface area (Å²) in [6, 6.07) is 9.26. The van der Waals surface area contributed by atoms with Crippen molar-refractivity contribution in [3.63, 3.8) is 0 Å². The molecule has 0 radical (unpaired) electrons. The molecule has 0 aliphatic carbocycles. The highest BCUT2D eigenvalue weighted by molar-refractivity contribution is 5.85. The van der Waals surface area contributed by atoms with Crippen molar-refractivity contribution in [2.24, 2.45) is 5.73 Å². The lowest BCUT2D eigenvalue weighted by molar-refractivity contribution is -0.138. The van der Waals surface area contributed by atoms with E-state index in [4.69, 9.17) is 5.73 Å². The van der Waals surface area contributed by atoms with Crippen molar-refractivity contribution in [2.75, 3.05) is 39.3 Å². The van der Waals surface area contributed by atoms with E-state index in [2.05, 4.69) is 4.90 Å². The van der Waals surface area contributed by atoms with Crippen LogP contribution in [0.4, 0.5) is 0 Å². The smallest absolute Gasteiger partial charge is 0.239 e. The van der Waals surface area contributed by atoms with Crippen LogP contribution in [0.15, 0.2) is 30.3 Å². The molecule has 0 saturated carbocycles. The Morgan fingerprint density at radius 1 is 0.893 bits per heavy atom. The first-order valence-corrected chi connectivity index (χ1v) is 9.67. The summed E-state index contributed by atoms with van der Waals surface area (Å²) in [6.45, 7) is 6.48. The van der Waals surface area contributed by atoms with Gasteiger partial charge in [-0.1, -0.05) is 30.3 Å². The number of carbonyl (C=O) groups is 2. The second-order valence-corrected chi connectivity index (χ2v) is 7.37. The van der Waals surface area contributed by atoms with E-state index in [-0.39, 0.29) is 42.7 Å². The van der Waals surface area contributed by atoms with E-state index in [1.807, 2.05) is 47.1 Å². The maximum atomic E-state index is 12.6. The topological polar surface area (TPSA) is 69.9 Å². The van der Waals surface area contributed by atoms with Gasteiger partial charge in [0.05, 0.1) is 12.1 Å². The summed E-state index contributed by atoms with van der Waals surface area (Å²) < 4.78 is 0. The van der Waals surface area contributed by atoms with Crippen molar-refractivity contribution in [2.45, 2.75) is 38.3 Å². The molecule has 0 bridgehead atoms. The van der Waals surface area contributed by atoms with Crippen LogP contribution in [-0.2, 0) is 16.0 Å². The van der Waals surface area contributed by atoms with Crippen LogP contribution in [-0.4, -0.2) is 77.9 Å². The maximum Gasteiger partial charge on any atom is 0.239 e. The maximum absolute atomic E-state index is 12.6. The molecule has 2 heterocycles. The summed E-state index contributed by atoms with van der Waals surface area (Å²) in [4.78, 5) is 31.2. The minimum Gasteiger partial charge on any atom is -0.341 e. The van der Waals surface area contributed by atoms with Gasteiger partial charge in [-0.2, -0.15) is 0 Å². The molecule has 28 heavy (non-hydrogen) atoms. The van der Waals surface area contributed by atoms with Gasteiger partial charge in [0.25, 0.3) is 0 Å². The zero-order valence-corrected chi connectivity index (χ0v) is 18.1. The van der Waals surface area contributed by atoms with Gasteiger partial charge in [0.15, 0.2) is 0 Å². The predicted molar refractivity (Wildman–Crippen MR) is 116 cm³/mol. The van der Waals surface area contributed by atoms with E-state index in [0.29, 0.717) is 19.5 Å². The number of rotatable bonds is 5. The largest absolute Gasteiger partial charge is 0.341 e. The minimum atomic E-state index is -0.507. The number of likely N-dealkylation sites (tertiary alicyclic amines) is 1. The van der Waals surface area contributed by atoms with Gasteiger partial charge >= 0.3 is 0 Å². The summed E-state index contributed by atoms with van der Waals surface area (Å²) >= 11 is 0. The average Bonchev–Trinajstić information content (AvgIpc) is 3.22. The molecule has 6 nitrogen and oxygen atoms in total. The standard InChI is InChI=1S/C20H30N4O2.2ClH/c1-16(19(25)23-9-5-6-10-23)22-11-13-24(14-12-22)20(26)18(21)15-17-7-3-2-4-8-17;;/h2-4,7-8,16,18H,5-6,9-15,21H2,1H3;2*1H. The summed E-state index contributed by atoms with van der Waals surface area (Å²) in [5, 5.41) is 0. The molecule has 2 atom stereocenters. The molecule has 8 heteroatoms. The highest BCUT2D eigenvalue weighted by atomic mass is 35.5. The SMILES string of the molecule is CC(C(=O)N1CCCC1)N1CCN(C(=O)C(N)Cc2ccccc2)CC1.Cl.Cl. The highest BCUT2D eigenvalue weighted by Crippen LogP contribution is 2.14. The van der Waals surface area contributed by atoms with Crippen LogP contribution in [0.2, 0.25) is 0 Å². The van der Waals surface area contributed by atoms with Crippen LogP contribution in [0, 0.1) is 0 Å². The molecule has 1 aromatic carbocycles. The van der Waals surface area contributed by atoms with Gasteiger partial charge in [0.1, 0.15) is 0 Å². The van der Waals surface area contributed by atoms with E-state index in [0.717, 1.165) is 44.6 Å². The molecule has 2 fully saturated rings. The number of hydrogen-bond acceptors (Lipinski definition) is 4. The average molecular weight is 431 g/mol. The van der Waals surface area contributed by atoms with E-state index < -0.39 is 6.04 Å². The van der Waals surface area contributed by atoms with E-state index in [9.17, 15) is 9.59 Å². The number of amides is 2. The number of benzene rings is 1. The number of nitrogens with two attached hydrogens (primary N) is 1. The van der Waals surface area contributed by atoms with Crippen LogP contribution in [0.3, 0.4) is 0 Å². The van der Waals surface area contributed by atoms with Crippen molar-refractivity contribution in [3.05, 3.63) is 35.9 Å². The first-order valence-electron chi connectivity index (χ1n) is 9.67. The number of carbonyl (C=O) groups excluding carboxylic acids is 2. The zero-order chi connectivity index (χ0) is 18.5. The van der Waals surface area contributed by atoms with Crippen molar-refractivity contribution in [1.82, 2.24) is 14.7 Å². The fourth-order valence-electron chi connectivity index (χ4n) is 3.88. The molecule has 2 saturated heterocycles. The molecule has 2 aliphatic rings. The van der Waals surface area contributed by atoms with Gasteiger partial charge in [-0.3, -0.25) is 14.5 Å². The Morgan fingerprint density at radius 2 is 1.43 bits per heavy atom. The lowest BCUT2D eigenvalue weighted by Gasteiger charge is -2.39. The van der Waals surface area contributed by atoms with Gasteiger partial charge in [-0.05, 0) is 31.7 Å². The molecule has 2 unspecified atom stereocenters. The third-order valence-corrected chi connectivity index (χ3v) is 5.56. The lowest BCUT2D eigenvalue weighted by atomic mass is 10.1. The van der Waals surface area contributed by atoms with E-state index in [1.165, 1.54) is 0 Å². The monoisotopic (exact) mass is 430 g/mol. The van der Waals surface area contributed by atoms with Crippen molar-refractivity contribution in [1.29, 1.82) is 0 Å². The van der Waals surface area contributed by atoms with Crippen LogP contribution >= 0.6 is 24.8 Å². The summed E-state index contributed by atoms with van der Waals surface area (Å²) in [5.74, 6) is 0.232. The van der Waals surface area contributed by atoms with E-state index in [1.54, 1.807) is 0 Å². The van der Waals surface area contributed by atoms with Gasteiger partial charge in [0, 0.05) is 39.3 Å². The predicted octanol–water partition coefficient (Wildman–Crippen LogP) is 1.56. The Labute approximate surface area is 180 Å². The van der Waals surface area contributed by atoms with Crippen molar-refractivity contribution in [3.8, 4) is 0 Å². The zero-order valence-electron chi connectivity index (χ0n) is 16.5. The third-order valence-electron chi connectivity index (χ3n) is 5.56. The Balaban J connectivity index is 0.00000196. The second kappa shape index (κ2) is 11.6. The van der Waals surface area contributed by atoms with Crippen LogP contribution in [0.5, 0.6) is 0 Å². The first-order chi connectivity index (χ1) is 12.6. The normalized spacial score (nSPS) is 19.4. The summed E-state index contributed by atoms with van der Waals surface area (Å²) in [6.07, 6.45) is 2.78. The van der Waals surface area contributed by atoms with Crippen LogP contribution < -0.4 is 5.73 Å². The van der Waals surface area contributed by atoms with E-state index >= 15 is 0 Å². The molecule has 2 aliphatic heterocycles. The van der Waals surface area contributed by atoms with Crippen molar-refractivity contribution >= 4 is 36.6 Å². The van der Waals surface area contributed by atoms with Crippen molar-refractivity contribution < 1.29 is 9.59 Å². The van der Waals surface area contributed by atoms with Gasteiger partial charge in [-0.15, -0.1) is 24.8 Å². The first kappa shape index (κ1) is 24.7. The number of nitrogens with zero attached hydrogens (tertiary/aromatic N) is 3. The summed E-state index contributed by atoms with van der Waals surface area (Å²) in [7, 11) is 0. The molecule has 1 aromatic rings. The molecular formula is C20H32Cl2N4O2. The molecule has 0 aromatic heterocycles. The third kappa shape index (κ3) is 6.08. The van der Waals surface area contributed by atoms with Gasteiger partial charge in [0.2, 0.25) is 11.8 Å². The minimum absolute atomic E-state index is 0. The fraction of sp³-hybridized carbons (Fsp3) is 0.600. The number of hydrogen-bond donors (Lipinski definition) is 1. The molecule has 158 valence electrons. The number of piperazine rings is 1.